The first kappa shape index (κ1) is 17.3. The Bertz CT molecular complexity index is 1220. The van der Waals surface area contributed by atoms with Crippen LogP contribution in [-0.2, 0) is 0 Å². The van der Waals surface area contributed by atoms with E-state index in [1.807, 2.05) is 48.5 Å². The van der Waals surface area contributed by atoms with E-state index in [4.69, 9.17) is 18.9 Å². The molecule has 0 amide bonds. The number of methoxy groups -OCH3 is 2. The SMILES string of the molecule is COc1ccc(-c2ncnc3ccc(-c4ccc5c(c4)OCO5)cc23)cc1OC. The fraction of sp³-hybridized carbons (Fsp3) is 0.130. The molecule has 6 nitrogen and oxygen atoms in total. The van der Waals surface area contributed by atoms with Gasteiger partial charge in [-0.3, -0.25) is 0 Å². The number of fused-ring (bicyclic) bond motifs is 2. The third-order valence-corrected chi connectivity index (χ3v) is 5.00. The largest absolute Gasteiger partial charge is 0.493 e. The molecule has 1 aromatic heterocycles. The zero-order valence-electron chi connectivity index (χ0n) is 16.0. The van der Waals surface area contributed by atoms with Crippen molar-refractivity contribution in [3.8, 4) is 45.4 Å². The van der Waals surface area contributed by atoms with Crippen LogP contribution in [0.4, 0.5) is 0 Å². The van der Waals surface area contributed by atoms with Crippen LogP contribution in [0.25, 0.3) is 33.3 Å². The Kier molecular flexibility index (Phi) is 4.17. The van der Waals surface area contributed by atoms with Crippen LogP contribution in [0, 0.1) is 0 Å². The minimum atomic E-state index is 0.258. The van der Waals surface area contributed by atoms with Gasteiger partial charge in [0.2, 0.25) is 6.79 Å². The molecule has 0 aliphatic carbocycles. The van der Waals surface area contributed by atoms with Gasteiger partial charge in [0.1, 0.15) is 6.33 Å². The van der Waals surface area contributed by atoms with Gasteiger partial charge in [0.25, 0.3) is 0 Å². The van der Waals surface area contributed by atoms with Crippen molar-refractivity contribution in [2.75, 3.05) is 21.0 Å². The highest BCUT2D eigenvalue weighted by molar-refractivity contribution is 5.95. The Hall–Kier alpha value is -3.80. The lowest BCUT2D eigenvalue weighted by Gasteiger charge is -2.11. The first-order valence-electron chi connectivity index (χ1n) is 9.14. The van der Waals surface area contributed by atoms with Crippen LogP contribution in [0.1, 0.15) is 0 Å². The van der Waals surface area contributed by atoms with Crippen molar-refractivity contribution in [2.45, 2.75) is 0 Å². The molecule has 0 spiro atoms. The molecule has 1 aliphatic heterocycles. The van der Waals surface area contributed by atoms with E-state index in [9.17, 15) is 0 Å². The van der Waals surface area contributed by atoms with E-state index < -0.39 is 0 Å². The highest BCUT2D eigenvalue weighted by atomic mass is 16.7. The molecule has 144 valence electrons. The van der Waals surface area contributed by atoms with Gasteiger partial charge in [-0.15, -0.1) is 0 Å². The molecule has 29 heavy (non-hydrogen) atoms. The molecule has 6 heteroatoms. The van der Waals surface area contributed by atoms with Gasteiger partial charge in [-0.1, -0.05) is 12.1 Å². The maximum Gasteiger partial charge on any atom is 0.231 e. The van der Waals surface area contributed by atoms with Crippen LogP contribution in [0.3, 0.4) is 0 Å². The Balaban J connectivity index is 1.65. The number of ether oxygens (including phenoxy) is 4. The van der Waals surface area contributed by atoms with Gasteiger partial charge in [-0.05, 0) is 53.6 Å². The van der Waals surface area contributed by atoms with Crippen molar-refractivity contribution in [2.24, 2.45) is 0 Å². The van der Waals surface area contributed by atoms with E-state index in [1.165, 1.54) is 0 Å². The Morgan fingerprint density at radius 3 is 2.34 bits per heavy atom. The third kappa shape index (κ3) is 2.99. The average Bonchev–Trinajstić information content (AvgIpc) is 3.25. The van der Waals surface area contributed by atoms with Crippen molar-refractivity contribution >= 4 is 10.9 Å². The molecule has 4 aromatic rings. The lowest BCUT2D eigenvalue weighted by Crippen LogP contribution is -1.93. The molecule has 0 radical (unpaired) electrons. The van der Waals surface area contributed by atoms with Crippen molar-refractivity contribution < 1.29 is 18.9 Å². The lowest BCUT2D eigenvalue weighted by molar-refractivity contribution is 0.174. The van der Waals surface area contributed by atoms with Gasteiger partial charge in [-0.25, -0.2) is 9.97 Å². The standard InChI is InChI=1S/C23H18N2O4/c1-26-19-7-5-16(11-21(19)27-2)23-17-9-14(3-6-18(17)24-12-25-23)15-4-8-20-22(10-15)29-13-28-20/h3-12H,13H2,1-2H3. The smallest absolute Gasteiger partial charge is 0.231 e. The summed E-state index contributed by atoms with van der Waals surface area (Å²) in [6.45, 7) is 0.258. The molecule has 0 atom stereocenters. The summed E-state index contributed by atoms with van der Waals surface area (Å²) in [6, 6.07) is 17.9. The third-order valence-electron chi connectivity index (χ3n) is 5.00. The van der Waals surface area contributed by atoms with E-state index >= 15 is 0 Å². The average molecular weight is 386 g/mol. The fourth-order valence-electron chi connectivity index (χ4n) is 3.53. The number of hydrogen-bond donors (Lipinski definition) is 0. The van der Waals surface area contributed by atoms with E-state index in [1.54, 1.807) is 20.5 Å². The van der Waals surface area contributed by atoms with Gasteiger partial charge in [-0.2, -0.15) is 0 Å². The lowest BCUT2D eigenvalue weighted by atomic mass is 10.00. The van der Waals surface area contributed by atoms with Crippen molar-refractivity contribution in [3.63, 3.8) is 0 Å². The molecule has 2 heterocycles. The molecular weight excluding hydrogens is 368 g/mol. The first-order chi connectivity index (χ1) is 14.3. The van der Waals surface area contributed by atoms with Gasteiger partial charge in [0, 0.05) is 10.9 Å². The summed E-state index contributed by atoms with van der Waals surface area (Å²) < 4.78 is 21.7. The summed E-state index contributed by atoms with van der Waals surface area (Å²) in [7, 11) is 3.24. The molecule has 0 fully saturated rings. The Labute approximate surface area is 167 Å². The number of benzene rings is 3. The summed E-state index contributed by atoms with van der Waals surface area (Å²) in [5.74, 6) is 2.86. The van der Waals surface area contributed by atoms with Crippen LogP contribution in [0.5, 0.6) is 23.0 Å². The highest BCUT2D eigenvalue weighted by Gasteiger charge is 2.15. The zero-order chi connectivity index (χ0) is 19.8. The predicted octanol–water partition coefficient (Wildman–Crippen LogP) is 4.71. The van der Waals surface area contributed by atoms with Crippen LogP contribution in [0.2, 0.25) is 0 Å². The molecule has 0 saturated carbocycles. The van der Waals surface area contributed by atoms with E-state index in [0.717, 1.165) is 44.8 Å². The van der Waals surface area contributed by atoms with Crippen LogP contribution in [0.15, 0.2) is 60.9 Å². The summed E-state index contributed by atoms with van der Waals surface area (Å²) in [6.07, 6.45) is 1.58. The number of rotatable bonds is 4. The highest BCUT2D eigenvalue weighted by Crippen LogP contribution is 2.38. The van der Waals surface area contributed by atoms with E-state index in [0.29, 0.717) is 11.5 Å². The molecule has 5 rings (SSSR count). The molecule has 1 aliphatic rings. The monoisotopic (exact) mass is 386 g/mol. The number of nitrogens with zero attached hydrogens (tertiary/aromatic N) is 2. The van der Waals surface area contributed by atoms with Crippen LogP contribution in [-0.4, -0.2) is 31.0 Å². The molecule has 3 aromatic carbocycles. The first-order valence-corrected chi connectivity index (χ1v) is 9.14. The minimum absolute atomic E-state index is 0.258. The molecule has 0 N–H and O–H groups in total. The normalized spacial score (nSPS) is 12.2. The summed E-state index contributed by atoms with van der Waals surface area (Å²) in [5.41, 5.74) is 4.72. The zero-order valence-corrected chi connectivity index (χ0v) is 16.0. The van der Waals surface area contributed by atoms with Gasteiger partial charge >= 0.3 is 0 Å². The van der Waals surface area contributed by atoms with Crippen molar-refractivity contribution in [1.29, 1.82) is 0 Å². The van der Waals surface area contributed by atoms with E-state index in [2.05, 4.69) is 16.0 Å². The second-order valence-corrected chi connectivity index (χ2v) is 6.59. The maximum absolute atomic E-state index is 5.52. The van der Waals surface area contributed by atoms with Crippen molar-refractivity contribution in [1.82, 2.24) is 9.97 Å². The molecule has 0 saturated heterocycles. The maximum atomic E-state index is 5.52. The van der Waals surface area contributed by atoms with Crippen LogP contribution < -0.4 is 18.9 Å². The summed E-state index contributed by atoms with van der Waals surface area (Å²) in [5, 5.41) is 0.954. The topological polar surface area (TPSA) is 62.7 Å². The van der Waals surface area contributed by atoms with Gasteiger partial charge in [0.15, 0.2) is 23.0 Å². The second-order valence-electron chi connectivity index (χ2n) is 6.59. The Morgan fingerprint density at radius 1 is 0.724 bits per heavy atom. The summed E-state index contributed by atoms with van der Waals surface area (Å²) in [4.78, 5) is 8.97. The van der Waals surface area contributed by atoms with E-state index in [-0.39, 0.29) is 6.79 Å². The quantitative estimate of drug-likeness (QED) is 0.506. The number of hydrogen-bond acceptors (Lipinski definition) is 6. The predicted molar refractivity (Wildman–Crippen MR) is 110 cm³/mol. The summed E-state index contributed by atoms with van der Waals surface area (Å²) >= 11 is 0. The van der Waals surface area contributed by atoms with Crippen molar-refractivity contribution in [3.05, 3.63) is 60.9 Å². The molecule has 0 unspecified atom stereocenters. The van der Waals surface area contributed by atoms with Gasteiger partial charge in [0.05, 0.1) is 25.4 Å². The van der Waals surface area contributed by atoms with Gasteiger partial charge < -0.3 is 18.9 Å². The molecule has 0 bridgehead atoms. The minimum Gasteiger partial charge on any atom is -0.493 e. The Morgan fingerprint density at radius 2 is 1.48 bits per heavy atom. The van der Waals surface area contributed by atoms with Crippen LogP contribution >= 0.6 is 0 Å². The number of aromatic nitrogens is 2. The second kappa shape index (κ2) is 6.98. The molecular formula is C23H18N2O4. The fourth-order valence-corrected chi connectivity index (χ4v) is 3.53.